The first-order valence-corrected chi connectivity index (χ1v) is 5.19. The molecule has 1 aromatic carbocycles. The molecule has 1 aliphatic rings. The molecule has 2 rings (SSSR count). The summed E-state index contributed by atoms with van der Waals surface area (Å²) < 4.78 is 18.6. The third kappa shape index (κ3) is 2.19. The molecule has 0 spiro atoms. The number of rotatable bonds is 4. The highest BCUT2D eigenvalue weighted by Crippen LogP contribution is 2.40. The Morgan fingerprint density at radius 3 is 2.60 bits per heavy atom. The van der Waals surface area contributed by atoms with Crippen LogP contribution in [0, 0.1) is 11.7 Å². The van der Waals surface area contributed by atoms with Crippen LogP contribution in [0.1, 0.15) is 24.5 Å². The minimum atomic E-state index is -0.858. The highest BCUT2D eigenvalue weighted by atomic mass is 19.1. The maximum Gasteiger partial charge on any atom is 0.129 e. The standard InChI is InChI=1S/C12H15FO2/c1-15-12(8-6-7-8)11(14)9-4-2-3-5-10(9)13/h2-5,8,11-12,14H,6-7H2,1H3. The van der Waals surface area contributed by atoms with Gasteiger partial charge in [0.1, 0.15) is 11.9 Å². The average Bonchev–Trinajstić information content (AvgIpc) is 3.03. The second kappa shape index (κ2) is 4.29. The summed E-state index contributed by atoms with van der Waals surface area (Å²) in [6, 6.07) is 6.30. The van der Waals surface area contributed by atoms with Crippen molar-refractivity contribution in [2.24, 2.45) is 5.92 Å². The average molecular weight is 210 g/mol. The lowest BCUT2D eigenvalue weighted by atomic mass is 10.0. The van der Waals surface area contributed by atoms with Gasteiger partial charge in [-0.05, 0) is 24.8 Å². The smallest absolute Gasteiger partial charge is 0.129 e. The van der Waals surface area contributed by atoms with Crippen molar-refractivity contribution in [3.63, 3.8) is 0 Å². The minimum absolute atomic E-state index is 0.276. The molecule has 0 saturated heterocycles. The first-order chi connectivity index (χ1) is 7.24. The van der Waals surface area contributed by atoms with E-state index in [1.54, 1.807) is 25.3 Å². The Morgan fingerprint density at radius 1 is 1.40 bits per heavy atom. The molecule has 1 aromatic rings. The van der Waals surface area contributed by atoms with E-state index in [1.165, 1.54) is 6.07 Å². The second-order valence-electron chi connectivity index (χ2n) is 4.00. The lowest BCUT2D eigenvalue weighted by molar-refractivity contribution is -0.0274. The van der Waals surface area contributed by atoms with Gasteiger partial charge in [-0.15, -0.1) is 0 Å². The predicted molar refractivity (Wildman–Crippen MR) is 54.9 cm³/mol. The van der Waals surface area contributed by atoms with E-state index in [1.807, 2.05) is 0 Å². The van der Waals surface area contributed by atoms with Crippen molar-refractivity contribution in [2.45, 2.75) is 25.0 Å². The Bertz CT molecular complexity index is 336. The highest BCUT2D eigenvalue weighted by Gasteiger charge is 2.37. The van der Waals surface area contributed by atoms with Crippen LogP contribution >= 0.6 is 0 Å². The quantitative estimate of drug-likeness (QED) is 0.826. The van der Waals surface area contributed by atoms with Gasteiger partial charge >= 0.3 is 0 Å². The number of aliphatic hydroxyl groups is 1. The van der Waals surface area contributed by atoms with E-state index in [-0.39, 0.29) is 11.9 Å². The van der Waals surface area contributed by atoms with Crippen LogP contribution in [-0.2, 0) is 4.74 Å². The van der Waals surface area contributed by atoms with Crippen molar-refractivity contribution in [1.29, 1.82) is 0 Å². The lowest BCUT2D eigenvalue weighted by Crippen LogP contribution is -2.23. The number of aliphatic hydroxyl groups excluding tert-OH is 1. The van der Waals surface area contributed by atoms with Crippen molar-refractivity contribution >= 4 is 0 Å². The largest absolute Gasteiger partial charge is 0.386 e. The predicted octanol–water partition coefficient (Wildman–Crippen LogP) is 2.28. The number of methoxy groups -OCH3 is 1. The zero-order valence-corrected chi connectivity index (χ0v) is 8.69. The van der Waals surface area contributed by atoms with Gasteiger partial charge in [-0.2, -0.15) is 0 Å². The fourth-order valence-corrected chi connectivity index (χ4v) is 1.90. The maximum absolute atomic E-state index is 13.4. The summed E-state index contributed by atoms with van der Waals surface area (Å²) in [5.41, 5.74) is 0.330. The summed E-state index contributed by atoms with van der Waals surface area (Å²) in [6.45, 7) is 0. The van der Waals surface area contributed by atoms with Crippen LogP contribution in [-0.4, -0.2) is 18.3 Å². The molecular formula is C12H15FO2. The van der Waals surface area contributed by atoms with Crippen LogP contribution in [0.25, 0.3) is 0 Å². The fourth-order valence-electron chi connectivity index (χ4n) is 1.90. The van der Waals surface area contributed by atoms with Gasteiger partial charge in [-0.3, -0.25) is 0 Å². The molecule has 3 heteroatoms. The third-order valence-electron chi connectivity index (χ3n) is 2.89. The molecule has 2 atom stereocenters. The topological polar surface area (TPSA) is 29.5 Å². The highest BCUT2D eigenvalue weighted by molar-refractivity contribution is 5.21. The number of benzene rings is 1. The van der Waals surface area contributed by atoms with E-state index in [4.69, 9.17) is 4.74 Å². The molecular weight excluding hydrogens is 195 g/mol. The van der Waals surface area contributed by atoms with Gasteiger partial charge in [0.05, 0.1) is 6.10 Å². The van der Waals surface area contributed by atoms with E-state index in [0.29, 0.717) is 11.5 Å². The fraction of sp³-hybridized carbons (Fsp3) is 0.500. The molecule has 1 aliphatic carbocycles. The van der Waals surface area contributed by atoms with Gasteiger partial charge in [-0.1, -0.05) is 18.2 Å². The maximum atomic E-state index is 13.4. The summed E-state index contributed by atoms with van der Waals surface area (Å²) in [7, 11) is 1.56. The van der Waals surface area contributed by atoms with Crippen molar-refractivity contribution in [2.75, 3.05) is 7.11 Å². The Hall–Kier alpha value is -0.930. The van der Waals surface area contributed by atoms with E-state index in [0.717, 1.165) is 12.8 Å². The second-order valence-corrected chi connectivity index (χ2v) is 4.00. The Morgan fingerprint density at radius 2 is 2.07 bits per heavy atom. The molecule has 2 unspecified atom stereocenters. The Labute approximate surface area is 88.7 Å². The first-order valence-electron chi connectivity index (χ1n) is 5.19. The normalized spacial score (nSPS) is 19.9. The first kappa shape index (κ1) is 10.6. The summed E-state index contributed by atoms with van der Waals surface area (Å²) in [6.07, 6.45) is 0.985. The number of halogens is 1. The summed E-state index contributed by atoms with van der Waals surface area (Å²) in [4.78, 5) is 0. The lowest BCUT2D eigenvalue weighted by Gasteiger charge is -2.21. The Kier molecular flexibility index (Phi) is 3.03. The molecule has 1 fully saturated rings. The molecule has 82 valence electrons. The molecule has 1 saturated carbocycles. The molecule has 2 nitrogen and oxygen atoms in total. The monoisotopic (exact) mass is 210 g/mol. The van der Waals surface area contributed by atoms with Crippen LogP contribution in [0.4, 0.5) is 4.39 Å². The van der Waals surface area contributed by atoms with Crippen molar-refractivity contribution in [1.82, 2.24) is 0 Å². The molecule has 0 heterocycles. The number of hydrogen-bond acceptors (Lipinski definition) is 2. The molecule has 0 radical (unpaired) electrons. The van der Waals surface area contributed by atoms with Gasteiger partial charge in [0, 0.05) is 12.7 Å². The third-order valence-corrected chi connectivity index (χ3v) is 2.89. The van der Waals surface area contributed by atoms with Gasteiger partial charge in [0.2, 0.25) is 0 Å². The van der Waals surface area contributed by atoms with Crippen LogP contribution in [0.3, 0.4) is 0 Å². The molecule has 1 N–H and O–H groups in total. The molecule has 0 bridgehead atoms. The van der Waals surface area contributed by atoms with Crippen LogP contribution < -0.4 is 0 Å². The molecule has 15 heavy (non-hydrogen) atoms. The van der Waals surface area contributed by atoms with E-state index < -0.39 is 6.10 Å². The summed E-state index contributed by atoms with van der Waals surface area (Å²) in [5.74, 6) is 0.0114. The van der Waals surface area contributed by atoms with Crippen molar-refractivity contribution in [3.8, 4) is 0 Å². The van der Waals surface area contributed by atoms with Crippen LogP contribution in [0.15, 0.2) is 24.3 Å². The van der Waals surface area contributed by atoms with E-state index >= 15 is 0 Å². The molecule has 0 aromatic heterocycles. The zero-order chi connectivity index (χ0) is 10.8. The molecule has 0 amide bonds. The number of hydrogen-bond donors (Lipinski definition) is 1. The van der Waals surface area contributed by atoms with E-state index in [9.17, 15) is 9.50 Å². The summed E-state index contributed by atoms with van der Waals surface area (Å²) in [5, 5.41) is 10.0. The van der Waals surface area contributed by atoms with Gasteiger partial charge < -0.3 is 9.84 Å². The Balaban J connectivity index is 2.18. The van der Waals surface area contributed by atoms with Crippen molar-refractivity contribution < 1.29 is 14.2 Å². The van der Waals surface area contributed by atoms with E-state index in [2.05, 4.69) is 0 Å². The van der Waals surface area contributed by atoms with Crippen LogP contribution in [0.2, 0.25) is 0 Å². The SMILES string of the molecule is COC(C1CC1)C(O)c1ccccc1F. The van der Waals surface area contributed by atoms with Gasteiger partial charge in [0.25, 0.3) is 0 Å². The summed E-state index contributed by atoms with van der Waals surface area (Å²) >= 11 is 0. The minimum Gasteiger partial charge on any atom is -0.386 e. The van der Waals surface area contributed by atoms with Gasteiger partial charge in [0.15, 0.2) is 0 Å². The van der Waals surface area contributed by atoms with Crippen LogP contribution in [0.5, 0.6) is 0 Å². The van der Waals surface area contributed by atoms with Gasteiger partial charge in [-0.25, -0.2) is 4.39 Å². The zero-order valence-electron chi connectivity index (χ0n) is 8.69. The van der Waals surface area contributed by atoms with Crippen molar-refractivity contribution in [3.05, 3.63) is 35.6 Å². The molecule has 0 aliphatic heterocycles. The number of ether oxygens (including phenoxy) is 1.